The van der Waals surface area contributed by atoms with Crippen LogP contribution in [0.25, 0.3) is 10.6 Å². The fourth-order valence-electron chi connectivity index (χ4n) is 5.10. The molecule has 3 N–H and O–H groups in total. The molecule has 2 unspecified atom stereocenters. The van der Waals surface area contributed by atoms with E-state index in [4.69, 9.17) is 0 Å². The molecule has 0 spiro atoms. The van der Waals surface area contributed by atoms with Gasteiger partial charge in [-0.15, -0.1) is 11.3 Å². The average molecular weight is 703 g/mol. The molecule has 10 nitrogen and oxygen atoms in total. The van der Waals surface area contributed by atoms with E-state index in [0.29, 0.717) is 10.6 Å². The van der Waals surface area contributed by atoms with Crippen LogP contribution in [0.5, 0.6) is 0 Å². The molecular formula is C35H41F3N4O6S. The summed E-state index contributed by atoms with van der Waals surface area (Å²) < 4.78 is 39.8. The Morgan fingerprint density at radius 3 is 2.16 bits per heavy atom. The van der Waals surface area contributed by atoms with Gasteiger partial charge in [-0.3, -0.25) is 24.2 Å². The Balaban J connectivity index is 1.74. The normalized spacial score (nSPS) is 14.7. The predicted molar refractivity (Wildman–Crippen MR) is 177 cm³/mol. The number of aliphatic hydroxyl groups is 1. The van der Waals surface area contributed by atoms with Gasteiger partial charge in [0.25, 0.3) is 0 Å². The Bertz CT molecular complexity index is 1580. The molecule has 3 rings (SSSR count). The van der Waals surface area contributed by atoms with Crippen LogP contribution in [0.3, 0.4) is 0 Å². The highest BCUT2D eigenvalue weighted by atomic mass is 32.1. The minimum Gasteiger partial charge on any atom is -0.382 e. The Morgan fingerprint density at radius 2 is 1.57 bits per heavy atom. The zero-order chi connectivity index (χ0) is 36.3. The van der Waals surface area contributed by atoms with Gasteiger partial charge in [0.1, 0.15) is 16.5 Å². The summed E-state index contributed by atoms with van der Waals surface area (Å²) in [4.78, 5) is 73.3. The van der Waals surface area contributed by atoms with Gasteiger partial charge < -0.3 is 20.5 Å². The number of hydrogen-bond donors (Lipinski definition) is 3. The molecule has 49 heavy (non-hydrogen) atoms. The number of carbonyl (C=O) groups excluding carboxylic acids is 5. The number of thiazole rings is 1. The third-order valence-corrected chi connectivity index (χ3v) is 8.95. The van der Waals surface area contributed by atoms with E-state index in [2.05, 4.69) is 20.6 Å². The monoisotopic (exact) mass is 702 g/mol. The molecule has 0 saturated heterocycles. The van der Waals surface area contributed by atoms with Crippen LogP contribution < -0.4 is 10.6 Å². The lowest BCUT2D eigenvalue weighted by Crippen LogP contribution is -2.52. The van der Waals surface area contributed by atoms with E-state index < -0.39 is 72.4 Å². The van der Waals surface area contributed by atoms with Gasteiger partial charge in [-0.25, -0.2) is 4.98 Å². The van der Waals surface area contributed by atoms with Gasteiger partial charge in [0, 0.05) is 54.4 Å². The van der Waals surface area contributed by atoms with Crippen molar-refractivity contribution in [3.8, 4) is 10.6 Å². The molecule has 3 aromatic rings. The molecule has 14 heteroatoms. The number of pyridine rings is 1. The number of halogens is 3. The molecule has 2 aromatic heterocycles. The van der Waals surface area contributed by atoms with Gasteiger partial charge in [-0.05, 0) is 43.4 Å². The Kier molecular flexibility index (Phi) is 14.3. The lowest BCUT2D eigenvalue weighted by Gasteiger charge is -2.27. The van der Waals surface area contributed by atoms with Crippen molar-refractivity contribution in [1.29, 1.82) is 0 Å². The molecule has 0 radical (unpaired) electrons. The first-order valence-electron chi connectivity index (χ1n) is 15.9. The fourth-order valence-corrected chi connectivity index (χ4v) is 5.93. The van der Waals surface area contributed by atoms with Crippen LogP contribution in [0, 0.1) is 17.8 Å². The van der Waals surface area contributed by atoms with E-state index >= 15 is 0 Å². The third kappa shape index (κ3) is 12.0. The molecule has 1 aromatic carbocycles. The number of aliphatic hydroxyl groups excluding tert-OH is 1. The molecule has 2 amide bonds. The maximum absolute atomic E-state index is 13.7. The summed E-state index contributed by atoms with van der Waals surface area (Å²) in [5.74, 6) is -5.04. The van der Waals surface area contributed by atoms with Gasteiger partial charge in [0.05, 0.1) is 12.1 Å². The number of amides is 2. The van der Waals surface area contributed by atoms with Crippen molar-refractivity contribution in [2.45, 2.75) is 84.2 Å². The van der Waals surface area contributed by atoms with Gasteiger partial charge in [-0.1, -0.05) is 51.1 Å². The Morgan fingerprint density at radius 1 is 0.918 bits per heavy atom. The predicted octanol–water partition coefficient (Wildman–Crippen LogP) is 5.15. The minimum absolute atomic E-state index is 0.0634. The van der Waals surface area contributed by atoms with Crippen molar-refractivity contribution in [2.75, 3.05) is 0 Å². The molecule has 2 heterocycles. The van der Waals surface area contributed by atoms with E-state index in [-0.39, 0.29) is 36.7 Å². The smallest absolute Gasteiger partial charge is 0.382 e. The molecule has 264 valence electrons. The second-order valence-corrected chi connectivity index (χ2v) is 13.3. The maximum atomic E-state index is 13.7. The zero-order valence-electron chi connectivity index (χ0n) is 27.7. The quantitative estimate of drug-likeness (QED) is 0.154. The van der Waals surface area contributed by atoms with Crippen LogP contribution in [0.1, 0.15) is 69.4 Å². The number of ketones is 3. The highest BCUT2D eigenvalue weighted by Crippen LogP contribution is 2.27. The largest absolute Gasteiger partial charge is 0.416 e. The first-order valence-corrected chi connectivity index (χ1v) is 16.8. The van der Waals surface area contributed by atoms with Crippen LogP contribution in [-0.2, 0) is 25.6 Å². The third-order valence-electron chi connectivity index (χ3n) is 8.06. The Hall–Kier alpha value is -4.30. The van der Waals surface area contributed by atoms with E-state index in [1.54, 1.807) is 74.1 Å². The molecule has 5 atom stereocenters. The minimum atomic E-state index is -5.05. The van der Waals surface area contributed by atoms with Crippen LogP contribution in [0.4, 0.5) is 13.2 Å². The van der Waals surface area contributed by atoms with Gasteiger partial charge in [0.2, 0.25) is 11.8 Å². The highest BCUT2D eigenvalue weighted by molar-refractivity contribution is 7.13. The topological polar surface area (TPSA) is 155 Å². The van der Waals surface area contributed by atoms with Crippen molar-refractivity contribution < 1.29 is 42.3 Å². The number of benzene rings is 1. The molecule has 0 aliphatic rings. The number of carbonyl (C=O) groups is 5. The highest BCUT2D eigenvalue weighted by Gasteiger charge is 2.44. The summed E-state index contributed by atoms with van der Waals surface area (Å²) in [6.07, 6.45) is -6.02. The molecule has 0 aliphatic heterocycles. The second kappa shape index (κ2) is 17.9. The van der Waals surface area contributed by atoms with E-state index in [0.717, 1.165) is 5.56 Å². The van der Waals surface area contributed by atoms with Crippen LogP contribution >= 0.6 is 11.3 Å². The Labute approximate surface area is 286 Å². The molecule has 0 aliphatic carbocycles. The number of nitrogens with one attached hydrogen (secondary N) is 2. The summed E-state index contributed by atoms with van der Waals surface area (Å²) in [6.45, 7) is 6.08. The summed E-state index contributed by atoms with van der Waals surface area (Å²) >= 11 is 1.29. The van der Waals surface area contributed by atoms with Crippen molar-refractivity contribution in [3.63, 3.8) is 0 Å². The van der Waals surface area contributed by atoms with E-state index in [1.165, 1.54) is 25.2 Å². The second-order valence-electron chi connectivity index (χ2n) is 12.4. The standard InChI is InChI=1S/C35H41F3N4O6S/c1-20(2)25(18-30(45)28-19-49-34(42-28)24-12-14-39-15-13-24)33(48)41-27(17-23-8-6-5-7-9-23)29(44)16-21(3)32(47)40-26(11-10-22(4)43)31(46)35(36,37)38/h5-9,12-15,19-21,25-27,31,46H,10-11,16-18H2,1-4H3,(H,40,47)(H,41,48)/t21-,25+,26?,27+,31?/m1/s1. The van der Waals surface area contributed by atoms with E-state index in [9.17, 15) is 42.3 Å². The lowest BCUT2D eigenvalue weighted by atomic mass is 9.88. The van der Waals surface area contributed by atoms with E-state index in [1.807, 2.05) is 0 Å². The summed E-state index contributed by atoms with van der Waals surface area (Å²) in [5.41, 5.74) is 1.72. The maximum Gasteiger partial charge on any atom is 0.416 e. The first kappa shape index (κ1) is 39.1. The summed E-state index contributed by atoms with van der Waals surface area (Å²) in [6, 6.07) is 9.43. The number of alkyl halides is 3. The van der Waals surface area contributed by atoms with Crippen molar-refractivity contribution >= 4 is 40.5 Å². The van der Waals surface area contributed by atoms with Gasteiger partial charge in [0.15, 0.2) is 17.7 Å². The van der Waals surface area contributed by atoms with Gasteiger partial charge >= 0.3 is 6.18 Å². The fraction of sp³-hybridized carbons (Fsp3) is 0.457. The summed E-state index contributed by atoms with van der Waals surface area (Å²) in [5, 5.41) is 17.0. The number of aromatic nitrogens is 2. The van der Waals surface area contributed by atoms with Crippen LogP contribution in [0.15, 0.2) is 60.2 Å². The van der Waals surface area contributed by atoms with Crippen LogP contribution in [0.2, 0.25) is 0 Å². The van der Waals surface area contributed by atoms with Crippen LogP contribution in [-0.4, -0.2) is 68.6 Å². The number of Topliss-reactive ketones (excluding diaryl/α,β-unsaturated/α-hetero) is 3. The van der Waals surface area contributed by atoms with Crippen molar-refractivity contribution in [1.82, 2.24) is 20.6 Å². The summed E-state index contributed by atoms with van der Waals surface area (Å²) in [7, 11) is 0. The number of nitrogens with zero attached hydrogens (tertiary/aromatic N) is 2. The molecular weight excluding hydrogens is 661 g/mol. The SMILES string of the molecule is CC(=O)CCC(NC(=O)[C@H](C)CC(=O)[C@H](Cc1ccccc1)NC(=O)[C@@H](CC(=O)c1csc(-c2ccncc2)n1)C(C)C)C(O)C(F)(F)F. The molecule has 0 bridgehead atoms. The zero-order valence-corrected chi connectivity index (χ0v) is 28.5. The number of rotatable bonds is 18. The first-order chi connectivity index (χ1) is 23.1. The van der Waals surface area contributed by atoms with Crippen molar-refractivity contribution in [3.05, 3.63) is 71.5 Å². The van der Waals surface area contributed by atoms with Crippen molar-refractivity contribution in [2.24, 2.45) is 17.8 Å². The molecule has 0 saturated carbocycles. The van der Waals surface area contributed by atoms with Gasteiger partial charge in [-0.2, -0.15) is 13.2 Å². The molecule has 0 fully saturated rings. The lowest BCUT2D eigenvalue weighted by molar-refractivity contribution is -0.213. The average Bonchev–Trinajstić information content (AvgIpc) is 3.55. The number of hydrogen-bond acceptors (Lipinski definition) is 9.